The van der Waals surface area contributed by atoms with Crippen molar-refractivity contribution in [2.45, 2.75) is 26.2 Å². The van der Waals surface area contributed by atoms with Crippen LogP contribution in [-0.4, -0.2) is 24.2 Å². The van der Waals surface area contributed by atoms with Gasteiger partial charge in [-0.15, -0.1) is 0 Å². The average molecular weight is 258 g/mol. The van der Waals surface area contributed by atoms with Crippen molar-refractivity contribution in [1.82, 2.24) is 0 Å². The Morgan fingerprint density at radius 1 is 1.42 bits per heavy atom. The van der Waals surface area contributed by atoms with Crippen LogP contribution >= 0.6 is 0 Å². The third kappa shape index (κ3) is 3.47. The second kappa shape index (κ2) is 5.31. The van der Waals surface area contributed by atoms with Crippen molar-refractivity contribution >= 4 is 11.7 Å². The van der Waals surface area contributed by atoms with E-state index in [1.54, 1.807) is 0 Å². The molecule has 0 atom stereocenters. The van der Waals surface area contributed by atoms with E-state index in [1.807, 2.05) is 36.1 Å². The zero-order valence-electron chi connectivity index (χ0n) is 11.1. The first kappa shape index (κ1) is 13.4. The summed E-state index contributed by atoms with van der Waals surface area (Å²) in [5, 5.41) is 17.9. The molecule has 0 saturated heterocycles. The molecule has 1 fully saturated rings. The SMILES string of the molecule is Cc1ccc(N(CC(=O)O)CC2(CC#N)CC2)cc1. The summed E-state index contributed by atoms with van der Waals surface area (Å²) in [4.78, 5) is 12.9. The van der Waals surface area contributed by atoms with Crippen molar-refractivity contribution in [2.75, 3.05) is 18.0 Å². The number of nitriles is 1. The summed E-state index contributed by atoms with van der Waals surface area (Å²) in [5.74, 6) is -0.840. The molecule has 4 heteroatoms. The number of carboxylic acid groups (broad SMARTS) is 1. The molecule has 1 aromatic carbocycles. The van der Waals surface area contributed by atoms with Gasteiger partial charge < -0.3 is 10.0 Å². The summed E-state index contributed by atoms with van der Waals surface area (Å²) >= 11 is 0. The predicted molar refractivity (Wildman–Crippen MR) is 72.9 cm³/mol. The zero-order chi connectivity index (χ0) is 13.9. The van der Waals surface area contributed by atoms with E-state index in [-0.39, 0.29) is 12.0 Å². The van der Waals surface area contributed by atoms with E-state index in [4.69, 9.17) is 10.4 Å². The van der Waals surface area contributed by atoms with E-state index >= 15 is 0 Å². The summed E-state index contributed by atoms with van der Waals surface area (Å²) in [5.41, 5.74) is 2.07. The highest BCUT2D eigenvalue weighted by Crippen LogP contribution is 2.49. The van der Waals surface area contributed by atoms with Gasteiger partial charge in [0.2, 0.25) is 0 Å². The number of carboxylic acids is 1. The fourth-order valence-corrected chi connectivity index (χ4v) is 2.30. The van der Waals surface area contributed by atoms with E-state index in [0.29, 0.717) is 13.0 Å². The van der Waals surface area contributed by atoms with Gasteiger partial charge in [-0.05, 0) is 31.9 Å². The predicted octanol–water partition coefficient (Wildman–Crippen LogP) is 2.58. The molecule has 0 bridgehead atoms. The van der Waals surface area contributed by atoms with E-state index in [0.717, 1.165) is 24.1 Å². The molecule has 1 aliphatic rings. The van der Waals surface area contributed by atoms with Crippen LogP contribution in [-0.2, 0) is 4.79 Å². The van der Waals surface area contributed by atoms with Crippen LogP contribution in [0.3, 0.4) is 0 Å². The van der Waals surface area contributed by atoms with E-state index in [1.165, 1.54) is 0 Å². The van der Waals surface area contributed by atoms with Gasteiger partial charge in [-0.2, -0.15) is 5.26 Å². The maximum Gasteiger partial charge on any atom is 0.323 e. The Morgan fingerprint density at radius 3 is 2.53 bits per heavy atom. The summed E-state index contributed by atoms with van der Waals surface area (Å²) in [6.07, 6.45) is 2.54. The molecule has 100 valence electrons. The average Bonchev–Trinajstić information content (AvgIpc) is 3.09. The zero-order valence-corrected chi connectivity index (χ0v) is 11.1. The van der Waals surface area contributed by atoms with Crippen LogP contribution in [0.4, 0.5) is 5.69 Å². The number of hydrogen-bond acceptors (Lipinski definition) is 3. The lowest BCUT2D eigenvalue weighted by atomic mass is 10.0. The van der Waals surface area contributed by atoms with Gasteiger partial charge in [0, 0.05) is 24.1 Å². The molecule has 19 heavy (non-hydrogen) atoms. The van der Waals surface area contributed by atoms with Crippen molar-refractivity contribution in [3.63, 3.8) is 0 Å². The van der Waals surface area contributed by atoms with Crippen molar-refractivity contribution in [3.05, 3.63) is 29.8 Å². The second-order valence-corrected chi connectivity index (χ2v) is 5.42. The maximum absolute atomic E-state index is 11.0. The van der Waals surface area contributed by atoms with Gasteiger partial charge in [0.05, 0.1) is 6.07 Å². The Morgan fingerprint density at radius 2 is 2.05 bits per heavy atom. The summed E-state index contributed by atoms with van der Waals surface area (Å²) in [7, 11) is 0. The Balaban J connectivity index is 2.14. The minimum absolute atomic E-state index is 0.00901. The van der Waals surface area contributed by atoms with Crippen molar-refractivity contribution in [1.29, 1.82) is 5.26 Å². The van der Waals surface area contributed by atoms with E-state index in [9.17, 15) is 4.79 Å². The van der Waals surface area contributed by atoms with Crippen molar-refractivity contribution < 1.29 is 9.90 Å². The van der Waals surface area contributed by atoms with E-state index < -0.39 is 5.97 Å². The van der Waals surface area contributed by atoms with Crippen molar-refractivity contribution in [2.24, 2.45) is 5.41 Å². The van der Waals surface area contributed by atoms with E-state index in [2.05, 4.69) is 6.07 Å². The van der Waals surface area contributed by atoms with Crippen LogP contribution in [0, 0.1) is 23.7 Å². The first-order valence-electron chi connectivity index (χ1n) is 6.45. The second-order valence-electron chi connectivity index (χ2n) is 5.42. The number of carbonyl (C=O) groups is 1. The van der Waals surface area contributed by atoms with Gasteiger partial charge in [0.25, 0.3) is 0 Å². The molecule has 0 heterocycles. The molecular formula is C15H18N2O2. The summed E-state index contributed by atoms with van der Waals surface area (Å²) in [6.45, 7) is 2.63. The number of aliphatic carboxylic acids is 1. The molecule has 4 nitrogen and oxygen atoms in total. The number of hydrogen-bond donors (Lipinski definition) is 1. The molecule has 0 aromatic heterocycles. The number of rotatable bonds is 6. The highest BCUT2D eigenvalue weighted by molar-refractivity contribution is 5.73. The van der Waals surface area contributed by atoms with Gasteiger partial charge in [0.1, 0.15) is 6.54 Å². The topological polar surface area (TPSA) is 64.3 Å². The minimum atomic E-state index is -0.840. The van der Waals surface area contributed by atoms with Crippen LogP contribution in [0.25, 0.3) is 0 Å². The molecule has 0 aliphatic heterocycles. The molecule has 0 amide bonds. The van der Waals surface area contributed by atoms with Gasteiger partial charge in [0.15, 0.2) is 0 Å². The van der Waals surface area contributed by atoms with Gasteiger partial charge in [-0.3, -0.25) is 4.79 Å². The quantitative estimate of drug-likeness (QED) is 0.851. The molecule has 1 aromatic rings. The lowest BCUT2D eigenvalue weighted by Gasteiger charge is -2.27. The molecule has 2 rings (SSSR count). The lowest BCUT2D eigenvalue weighted by Crippen LogP contribution is -2.35. The third-order valence-electron chi connectivity index (χ3n) is 3.66. The lowest BCUT2D eigenvalue weighted by molar-refractivity contribution is -0.135. The minimum Gasteiger partial charge on any atom is -0.480 e. The fraction of sp³-hybridized carbons (Fsp3) is 0.467. The molecule has 0 radical (unpaired) electrons. The number of nitrogens with zero attached hydrogens (tertiary/aromatic N) is 2. The largest absolute Gasteiger partial charge is 0.480 e. The first-order valence-corrected chi connectivity index (χ1v) is 6.45. The van der Waals surface area contributed by atoms with Gasteiger partial charge in [-0.25, -0.2) is 0 Å². The number of benzene rings is 1. The molecule has 1 aliphatic carbocycles. The Kier molecular flexibility index (Phi) is 3.75. The van der Waals surface area contributed by atoms with Crippen LogP contribution in [0.5, 0.6) is 0 Å². The standard InChI is InChI=1S/C15H18N2O2/c1-12-2-4-13(5-3-12)17(10-14(18)19)11-15(6-7-15)8-9-16/h2-5H,6-8,10-11H2,1H3,(H,18,19). The van der Waals surface area contributed by atoms with Crippen molar-refractivity contribution in [3.8, 4) is 6.07 Å². The number of anilines is 1. The highest BCUT2D eigenvalue weighted by atomic mass is 16.4. The van der Waals surface area contributed by atoms with Crippen LogP contribution in [0.1, 0.15) is 24.8 Å². The Bertz CT molecular complexity index is 498. The monoisotopic (exact) mass is 258 g/mol. The van der Waals surface area contributed by atoms with Gasteiger partial charge in [-0.1, -0.05) is 17.7 Å². The Hall–Kier alpha value is -2.02. The molecule has 0 spiro atoms. The molecule has 1 N–H and O–H groups in total. The highest BCUT2D eigenvalue weighted by Gasteiger charge is 2.44. The molecule has 1 saturated carbocycles. The molecule has 0 unspecified atom stereocenters. The number of aryl methyl sites for hydroxylation is 1. The van der Waals surface area contributed by atoms with Crippen LogP contribution in [0.15, 0.2) is 24.3 Å². The third-order valence-corrected chi connectivity index (χ3v) is 3.66. The first-order chi connectivity index (χ1) is 9.04. The van der Waals surface area contributed by atoms with Gasteiger partial charge >= 0.3 is 5.97 Å². The Labute approximate surface area is 113 Å². The van der Waals surface area contributed by atoms with Crippen LogP contribution in [0.2, 0.25) is 0 Å². The fourth-order valence-electron chi connectivity index (χ4n) is 2.30. The normalized spacial score (nSPS) is 15.6. The summed E-state index contributed by atoms with van der Waals surface area (Å²) in [6, 6.07) is 10.1. The molecular weight excluding hydrogens is 240 g/mol. The van der Waals surface area contributed by atoms with Crippen LogP contribution < -0.4 is 4.90 Å². The maximum atomic E-state index is 11.0. The summed E-state index contributed by atoms with van der Waals surface area (Å²) < 4.78 is 0. The smallest absolute Gasteiger partial charge is 0.323 e.